The molecule has 132 valence electrons. The number of thiazole rings is 1. The van der Waals surface area contributed by atoms with Gasteiger partial charge in [0.2, 0.25) is 0 Å². The zero-order valence-electron chi connectivity index (χ0n) is 14.6. The second kappa shape index (κ2) is 8.09. The Morgan fingerprint density at radius 3 is 2.79 bits per heavy atom. The first-order valence-corrected chi connectivity index (χ1v) is 9.51. The number of hydrogen-bond acceptors (Lipinski definition) is 6. The van der Waals surface area contributed by atoms with Crippen molar-refractivity contribution in [2.75, 3.05) is 38.6 Å². The summed E-state index contributed by atoms with van der Waals surface area (Å²) < 4.78 is 2.33. The van der Waals surface area contributed by atoms with Crippen LogP contribution in [0.2, 0.25) is 0 Å². The fourth-order valence-corrected chi connectivity index (χ4v) is 4.14. The van der Waals surface area contributed by atoms with Gasteiger partial charge in [-0.15, -0.1) is 11.3 Å². The Labute approximate surface area is 147 Å². The highest BCUT2D eigenvalue weighted by atomic mass is 32.1. The summed E-state index contributed by atoms with van der Waals surface area (Å²) >= 11 is 1.63. The van der Waals surface area contributed by atoms with Gasteiger partial charge in [-0.1, -0.05) is 0 Å². The lowest BCUT2D eigenvalue weighted by molar-refractivity contribution is 0.277. The molecule has 0 amide bonds. The van der Waals surface area contributed by atoms with Gasteiger partial charge in [0.05, 0.1) is 12.3 Å². The predicted molar refractivity (Wildman–Crippen MR) is 97.6 cm³/mol. The molecule has 0 aromatic carbocycles. The molecule has 2 aromatic heterocycles. The van der Waals surface area contributed by atoms with E-state index < -0.39 is 0 Å². The monoisotopic (exact) mass is 349 g/mol. The van der Waals surface area contributed by atoms with Gasteiger partial charge in [0, 0.05) is 43.3 Å². The van der Waals surface area contributed by atoms with E-state index in [0.29, 0.717) is 5.92 Å². The van der Waals surface area contributed by atoms with Crippen LogP contribution in [0.4, 0.5) is 5.13 Å². The van der Waals surface area contributed by atoms with Gasteiger partial charge in [0.15, 0.2) is 5.13 Å². The first-order valence-electron chi connectivity index (χ1n) is 8.63. The number of anilines is 1. The first kappa shape index (κ1) is 17.4. The summed E-state index contributed by atoms with van der Waals surface area (Å²) in [5.74, 6) is 1.77. The first-order chi connectivity index (χ1) is 11.7. The molecule has 1 saturated heterocycles. The third kappa shape index (κ3) is 4.15. The molecule has 7 heteroatoms. The van der Waals surface area contributed by atoms with Gasteiger partial charge in [0.1, 0.15) is 5.82 Å². The molecule has 6 nitrogen and oxygen atoms in total. The van der Waals surface area contributed by atoms with Crippen LogP contribution >= 0.6 is 11.3 Å². The van der Waals surface area contributed by atoms with Crippen LogP contribution in [0.25, 0.3) is 0 Å². The van der Waals surface area contributed by atoms with E-state index >= 15 is 0 Å². The molecular formula is C17H27N5OS. The zero-order valence-corrected chi connectivity index (χ0v) is 15.4. The number of aliphatic hydroxyl groups is 1. The van der Waals surface area contributed by atoms with Gasteiger partial charge in [-0.25, -0.2) is 9.97 Å². The Morgan fingerprint density at radius 2 is 2.12 bits per heavy atom. The lowest BCUT2D eigenvalue weighted by Crippen LogP contribution is -2.33. The number of aryl methyl sites for hydroxylation is 1. The highest BCUT2D eigenvalue weighted by molar-refractivity contribution is 7.13. The molecule has 0 radical (unpaired) electrons. The minimum atomic E-state index is 0.0251. The van der Waals surface area contributed by atoms with Crippen LogP contribution in [0.5, 0.6) is 0 Å². The van der Waals surface area contributed by atoms with Gasteiger partial charge in [-0.2, -0.15) is 0 Å². The van der Waals surface area contributed by atoms with Crippen molar-refractivity contribution >= 4 is 16.5 Å². The van der Waals surface area contributed by atoms with Crippen LogP contribution in [0.15, 0.2) is 17.8 Å². The molecule has 3 rings (SSSR count). The van der Waals surface area contributed by atoms with Gasteiger partial charge >= 0.3 is 0 Å². The summed E-state index contributed by atoms with van der Waals surface area (Å²) in [7, 11) is 4.23. The summed E-state index contributed by atoms with van der Waals surface area (Å²) in [6, 6.07) is 0. The molecule has 1 aliphatic heterocycles. The predicted octanol–water partition coefficient (Wildman–Crippen LogP) is 2.17. The standard InChI is InChI=1S/C17H27N5OS/c1-20(2)7-3-8-21-11-6-18-16(21)14-4-9-22(10-5-14)17-19-15(12-23)13-24-17/h6,11,13-14,23H,3-5,7-10,12H2,1-2H3. The molecule has 1 N–H and O–H groups in total. The highest BCUT2D eigenvalue weighted by Gasteiger charge is 2.25. The van der Waals surface area contributed by atoms with Crippen molar-refractivity contribution in [1.82, 2.24) is 19.4 Å². The molecule has 0 unspecified atom stereocenters. The topological polar surface area (TPSA) is 57.4 Å². The maximum atomic E-state index is 9.16. The Morgan fingerprint density at radius 1 is 1.33 bits per heavy atom. The SMILES string of the molecule is CN(C)CCCn1ccnc1C1CCN(c2nc(CO)cs2)CC1. The molecule has 3 heterocycles. The second-order valence-electron chi connectivity index (χ2n) is 6.68. The van der Waals surface area contributed by atoms with E-state index in [1.807, 2.05) is 11.6 Å². The van der Waals surface area contributed by atoms with Crippen LogP contribution in [0.1, 0.15) is 36.7 Å². The van der Waals surface area contributed by atoms with Crippen LogP contribution < -0.4 is 4.90 Å². The normalized spacial score (nSPS) is 16.2. The Balaban J connectivity index is 1.56. The number of aliphatic hydroxyl groups excluding tert-OH is 1. The minimum absolute atomic E-state index is 0.0251. The Bertz CT molecular complexity index is 630. The molecule has 24 heavy (non-hydrogen) atoms. The Hall–Kier alpha value is -1.44. The molecule has 0 atom stereocenters. The maximum absolute atomic E-state index is 9.16. The summed E-state index contributed by atoms with van der Waals surface area (Å²) in [6.45, 7) is 4.19. The van der Waals surface area contributed by atoms with Crippen LogP contribution in [0.3, 0.4) is 0 Å². The molecule has 2 aromatic rings. The van der Waals surface area contributed by atoms with Gasteiger partial charge in [-0.05, 0) is 39.9 Å². The average Bonchev–Trinajstić information content (AvgIpc) is 3.24. The summed E-state index contributed by atoms with van der Waals surface area (Å²) in [4.78, 5) is 13.7. The number of piperidine rings is 1. The maximum Gasteiger partial charge on any atom is 0.185 e. The smallest absolute Gasteiger partial charge is 0.185 e. The quantitative estimate of drug-likeness (QED) is 0.830. The van der Waals surface area contributed by atoms with Gasteiger partial charge in [0.25, 0.3) is 0 Å². The van der Waals surface area contributed by atoms with E-state index in [9.17, 15) is 0 Å². The van der Waals surface area contributed by atoms with Crippen LogP contribution in [0, 0.1) is 0 Å². The van der Waals surface area contributed by atoms with E-state index in [0.717, 1.165) is 56.3 Å². The average molecular weight is 350 g/mol. The van der Waals surface area contributed by atoms with Crippen LogP contribution in [-0.4, -0.2) is 58.3 Å². The van der Waals surface area contributed by atoms with E-state index in [2.05, 4.69) is 44.6 Å². The fraction of sp³-hybridized carbons (Fsp3) is 0.647. The molecule has 1 fully saturated rings. The number of rotatable bonds is 7. The van der Waals surface area contributed by atoms with E-state index in [1.165, 1.54) is 5.82 Å². The molecule has 0 bridgehead atoms. The van der Waals surface area contributed by atoms with Crippen molar-refractivity contribution in [2.24, 2.45) is 0 Å². The van der Waals surface area contributed by atoms with Crippen molar-refractivity contribution < 1.29 is 5.11 Å². The number of imidazole rings is 1. The summed E-state index contributed by atoms with van der Waals surface area (Å²) in [5, 5.41) is 12.1. The number of nitrogens with zero attached hydrogens (tertiary/aromatic N) is 5. The fourth-order valence-electron chi connectivity index (χ4n) is 3.27. The second-order valence-corrected chi connectivity index (χ2v) is 7.51. The van der Waals surface area contributed by atoms with E-state index in [1.54, 1.807) is 11.3 Å². The molecular weight excluding hydrogens is 322 g/mol. The molecule has 0 aliphatic carbocycles. The zero-order chi connectivity index (χ0) is 16.9. The van der Waals surface area contributed by atoms with Crippen molar-refractivity contribution in [1.29, 1.82) is 0 Å². The van der Waals surface area contributed by atoms with Crippen molar-refractivity contribution in [2.45, 2.75) is 38.3 Å². The third-order valence-electron chi connectivity index (χ3n) is 4.58. The summed E-state index contributed by atoms with van der Waals surface area (Å²) in [5.41, 5.74) is 0.772. The van der Waals surface area contributed by atoms with Gasteiger partial charge < -0.3 is 19.5 Å². The van der Waals surface area contributed by atoms with Crippen molar-refractivity contribution in [3.63, 3.8) is 0 Å². The lowest BCUT2D eigenvalue weighted by Gasteiger charge is -2.31. The Kier molecular flexibility index (Phi) is 5.86. The minimum Gasteiger partial charge on any atom is -0.390 e. The number of aromatic nitrogens is 3. The summed E-state index contributed by atoms with van der Waals surface area (Å²) in [6.07, 6.45) is 7.42. The highest BCUT2D eigenvalue weighted by Crippen LogP contribution is 2.31. The molecule has 1 aliphatic rings. The van der Waals surface area contributed by atoms with Crippen molar-refractivity contribution in [3.8, 4) is 0 Å². The van der Waals surface area contributed by atoms with Crippen molar-refractivity contribution in [3.05, 3.63) is 29.3 Å². The van der Waals surface area contributed by atoms with E-state index in [-0.39, 0.29) is 6.61 Å². The molecule has 0 spiro atoms. The van der Waals surface area contributed by atoms with Gasteiger partial charge in [-0.3, -0.25) is 0 Å². The lowest BCUT2D eigenvalue weighted by atomic mass is 9.96. The third-order valence-corrected chi connectivity index (χ3v) is 5.53. The van der Waals surface area contributed by atoms with Crippen LogP contribution in [-0.2, 0) is 13.2 Å². The van der Waals surface area contributed by atoms with E-state index in [4.69, 9.17) is 5.11 Å². The largest absolute Gasteiger partial charge is 0.390 e. The number of hydrogen-bond donors (Lipinski definition) is 1. The molecule has 0 saturated carbocycles.